The monoisotopic (exact) mass is 218 g/mol. The number of rotatable bonds is 3. The average molecular weight is 218 g/mol. The van der Waals surface area contributed by atoms with Gasteiger partial charge in [0.2, 0.25) is 0 Å². The first-order valence-corrected chi connectivity index (χ1v) is 6.17. The molecule has 1 saturated carbocycles. The molecule has 2 fully saturated rings. The van der Waals surface area contributed by atoms with Gasteiger partial charge in [-0.3, -0.25) is 0 Å². The highest BCUT2D eigenvalue weighted by Gasteiger charge is 2.46. The number of aliphatic hydroxyl groups is 1. The Labute approximate surface area is 96.2 Å². The van der Waals surface area contributed by atoms with E-state index in [-0.39, 0.29) is 6.10 Å². The molecule has 2 aliphatic rings. The van der Waals surface area contributed by atoms with Gasteiger partial charge in [0.05, 0.1) is 12.7 Å². The zero-order valence-electron chi connectivity index (χ0n) is 9.38. The lowest BCUT2D eigenvalue weighted by Gasteiger charge is -2.16. The number of ether oxygens (including phenoxy) is 1. The van der Waals surface area contributed by atoms with Crippen molar-refractivity contribution in [1.29, 1.82) is 0 Å². The third-order valence-corrected chi connectivity index (χ3v) is 3.95. The second-order valence-corrected chi connectivity index (χ2v) is 5.03. The zero-order chi connectivity index (χ0) is 11.0. The Bertz CT molecular complexity index is 343. The van der Waals surface area contributed by atoms with Crippen molar-refractivity contribution in [2.45, 2.75) is 24.9 Å². The highest BCUT2D eigenvalue weighted by atomic mass is 16.5. The second-order valence-electron chi connectivity index (χ2n) is 5.03. The molecule has 1 saturated heterocycles. The van der Waals surface area contributed by atoms with Crippen LogP contribution < -0.4 is 0 Å². The Hall–Kier alpha value is -0.860. The summed E-state index contributed by atoms with van der Waals surface area (Å²) < 4.78 is 5.34. The first kappa shape index (κ1) is 10.3. The molecule has 1 heterocycles. The zero-order valence-corrected chi connectivity index (χ0v) is 9.38. The summed E-state index contributed by atoms with van der Waals surface area (Å²) >= 11 is 0. The van der Waals surface area contributed by atoms with Crippen molar-refractivity contribution < 1.29 is 9.84 Å². The number of hydrogen-bond donors (Lipinski definition) is 1. The minimum Gasteiger partial charge on any atom is -0.392 e. The normalized spacial score (nSPS) is 34.9. The first-order valence-electron chi connectivity index (χ1n) is 6.17. The van der Waals surface area contributed by atoms with E-state index in [9.17, 15) is 5.11 Å². The fourth-order valence-corrected chi connectivity index (χ4v) is 2.85. The fraction of sp³-hybridized carbons (Fsp3) is 0.571. The van der Waals surface area contributed by atoms with E-state index >= 15 is 0 Å². The van der Waals surface area contributed by atoms with Gasteiger partial charge < -0.3 is 9.84 Å². The first-order chi connectivity index (χ1) is 7.86. The molecule has 3 rings (SSSR count). The third kappa shape index (κ3) is 1.87. The summed E-state index contributed by atoms with van der Waals surface area (Å²) in [4.78, 5) is 0. The van der Waals surface area contributed by atoms with Crippen LogP contribution in [-0.2, 0) is 4.74 Å². The van der Waals surface area contributed by atoms with E-state index in [0.717, 1.165) is 26.1 Å². The van der Waals surface area contributed by atoms with Crippen molar-refractivity contribution in [3.63, 3.8) is 0 Å². The van der Waals surface area contributed by atoms with E-state index in [1.807, 2.05) is 6.07 Å². The molecule has 1 aromatic rings. The van der Waals surface area contributed by atoms with Crippen LogP contribution in [0.5, 0.6) is 0 Å². The molecule has 0 spiro atoms. The Morgan fingerprint density at radius 2 is 2.06 bits per heavy atom. The molecule has 2 nitrogen and oxygen atoms in total. The minimum absolute atomic E-state index is 0.160. The molecular formula is C14H18O2. The van der Waals surface area contributed by atoms with Gasteiger partial charge in [0.1, 0.15) is 0 Å². The predicted octanol–water partition coefficient (Wildman–Crippen LogP) is 2.19. The molecular weight excluding hydrogens is 200 g/mol. The molecule has 4 atom stereocenters. The van der Waals surface area contributed by atoms with Crippen LogP contribution in [0.2, 0.25) is 0 Å². The van der Waals surface area contributed by atoms with Crippen LogP contribution in [-0.4, -0.2) is 24.4 Å². The second kappa shape index (κ2) is 4.19. The molecule has 1 N–H and O–H groups in total. The molecule has 86 valence electrons. The van der Waals surface area contributed by atoms with Crippen molar-refractivity contribution in [2.24, 2.45) is 11.8 Å². The lowest BCUT2D eigenvalue weighted by molar-refractivity contribution is 0.0729. The number of benzene rings is 1. The van der Waals surface area contributed by atoms with Crippen molar-refractivity contribution in [1.82, 2.24) is 0 Å². The Balaban J connectivity index is 1.63. The lowest BCUT2D eigenvalue weighted by Crippen LogP contribution is -2.23. The summed E-state index contributed by atoms with van der Waals surface area (Å²) in [5.74, 6) is 1.42. The van der Waals surface area contributed by atoms with Gasteiger partial charge in [0.25, 0.3) is 0 Å². The molecule has 0 bridgehead atoms. The summed E-state index contributed by atoms with van der Waals surface area (Å²) in [6, 6.07) is 10.5. The van der Waals surface area contributed by atoms with Crippen LogP contribution in [0.15, 0.2) is 30.3 Å². The number of aliphatic hydroxyl groups excluding tert-OH is 1. The van der Waals surface area contributed by atoms with Gasteiger partial charge >= 0.3 is 0 Å². The van der Waals surface area contributed by atoms with Crippen molar-refractivity contribution >= 4 is 0 Å². The smallest absolute Gasteiger partial charge is 0.0625 e. The third-order valence-electron chi connectivity index (χ3n) is 3.95. The maximum atomic E-state index is 10.2. The van der Waals surface area contributed by atoms with Crippen LogP contribution in [0.4, 0.5) is 0 Å². The molecule has 0 amide bonds. The summed E-state index contributed by atoms with van der Waals surface area (Å²) in [7, 11) is 0. The van der Waals surface area contributed by atoms with Crippen LogP contribution >= 0.6 is 0 Å². The lowest BCUT2D eigenvalue weighted by atomic mass is 9.95. The summed E-state index contributed by atoms with van der Waals surface area (Å²) in [6.45, 7) is 1.57. The maximum Gasteiger partial charge on any atom is 0.0625 e. The average Bonchev–Trinajstić information content (AvgIpc) is 2.95. The van der Waals surface area contributed by atoms with Crippen LogP contribution in [0.1, 0.15) is 24.3 Å². The topological polar surface area (TPSA) is 29.5 Å². The van der Waals surface area contributed by atoms with Crippen LogP contribution in [0.3, 0.4) is 0 Å². The number of hydrogen-bond acceptors (Lipinski definition) is 2. The molecule has 16 heavy (non-hydrogen) atoms. The summed E-state index contributed by atoms with van der Waals surface area (Å²) in [5.41, 5.74) is 1.38. The van der Waals surface area contributed by atoms with Gasteiger partial charge in [-0.1, -0.05) is 30.3 Å². The molecule has 4 unspecified atom stereocenters. The minimum atomic E-state index is -0.160. The summed E-state index contributed by atoms with van der Waals surface area (Å²) in [6.07, 6.45) is 2.01. The molecule has 0 radical (unpaired) electrons. The quantitative estimate of drug-likeness (QED) is 0.842. The van der Waals surface area contributed by atoms with Crippen LogP contribution in [0.25, 0.3) is 0 Å². The largest absolute Gasteiger partial charge is 0.392 e. The van der Waals surface area contributed by atoms with Crippen molar-refractivity contribution in [3.05, 3.63) is 35.9 Å². The van der Waals surface area contributed by atoms with Crippen molar-refractivity contribution in [3.8, 4) is 0 Å². The van der Waals surface area contributed by atoms with Crippen molar-refractivity contribution in [2.75, 3.05) is 13.2 Å². The van der Waals surface area contributed by atoms with E-state index in [1.165, 1.54) is 5.56 Å². The fourth-order valence-electron chi connectivity index (χ4n) is 2.85. The van der Waals surface area contributed by atoms with Gasteiger partial charge in [0.15, 0.2) is 0 Å². The Morgan fingerprint density at radius 1 is 1.25 bits per heavy atom. The molecule has 0 aromatic heterocycles. The Morgan fingerprint density at radius 3 is 2.75 bits per heavy atom. The standard InChI is InChI=1S/C14H18O2/c15-14(11-6-7-16-9-11)13-8-12(13)10-4-2-1-3-5-10/h1-5,11-15H,6-9H2. The van der Waals surface area contributed by atoms with E-state index in [2.05, 4.69) is 24.3 Å². The highest BCUT2D eigenvalue weighted by molar-refractivity contribution is 5.26. The molecule has 1 aromatic carbocycles. The molecule has 1 aliphatic heterocycles. The molecule has 1 aliphatic carbocycles. The predicted molar refractivity (Wildman–Crippen MR) is 62.2 cm³/mol. The van der Waals surface area contributed by atoms with E-state index in [4.69, 9.17) is 4.74 Å². The summed E-state index contributed by atoms with van der Waals surface area (Å²) in [5, 5.41) is 10.2. The SMILES string of the molecule is OC(C1CCOC1)C1CC1c1ccccc1. The molecule has 2 heteroatoms. The highest BCUT2D eigenvalue weighted by Crippen LogP contribution is 2.51. The van der Waals surface area contributed by atoms with E-state index < -0.39 is 0 Å². The van der Waals surface area contributed by atoms with Gasteiger partial charge in [-0.15, -0.1) is 0 Å². The van der Waals surface area contributed by atoms with Gasteiger partial charge in [0, 0.05) is 12.5 Å². The van der Waals surface area contributed by atoms with E-state index in [1.54, 1.807) is 0 Å². The maximum absolute atomic E-state index is 10.2. The van der Waals surface area contributed by atoms with Crippen LogP contribution in [0, 0.1) is 11.8 Å². The Kier molecular flexibility index (Phi) is 2.70. The van der Waals surface area contributed by atoms with E-state index in [0.29, 0.717) is 17.8 Å². The van der Waals surface area contributed by atoms with Gasteiger partial charge in [-0.05, 0) is 30.2 Å². The van der Waals surface area contributed by atoms with Gasteiger partial charge in [-0.2, -0.15) is 0 Å². The van der Waals surface area contributed by atoms with Gasteiger partial charge in [-0.25, -0.2) is 0 Å².